The van der Waals surface area contributed by atoms with Crippen LogP contribution >= 0.6 is 11.6 Å². The van der Waals surface area contributed by atoms with Crippen molar-refractivity contribution >= 4 is 11.6 Å². The molecule has 1 heterocycles. The highest BCUT2D eigenvalue weighted by Crippen LogP contribution is 2.43. The normalized spacial score (nSPS) is 42.9. The topological polar surface area (TPSA) is 18.5 Å². The molecular weight excluding hydrogens is 308 g/mol. The fourth-order valence-corrected chi connectivity index (χ4v) is 5.07. The Morgan fingerprint density at radius 1 is 0.826 bits per heavy atom. The Balaban J connectivity index is 1.39. The van der Waals surface area contributed by atoms with Gasteiger partial charge in [0.05, 0.1) is 13.2 Å². The maximum atomic E-state index is 6.00. The van der Waals surface area contributed by atoms with E-state index in [2.05, 4.69) is 13.0 Å². The summed E-state index contributed by atoms with van der Waals surface area (Å²) in [6.45, 7) is 4.03. The smallest absolute Gasteiger partial charge is 0.160 e. The van der Waals surface area contributed by atoms with Gasteiger partial charge in [-0.15, -0.1) is 0 Å². The van der Waals surface area contributed by atoms with Crippen molar-refractivity contribution in [3.8, 4) is 0 Å². The Morgan fingerprint density at radius 3 is 1.87 bits per heavy atom. The summed E-state index contributed by atoms with van der Waals surface area (Å²) in [5.41, 5.74) is 1.71. The van der Waals surface area contributed by atoms with E-state index in [4.69, 9.17) is 21.1 Å². The molecule has 0 unspecified atom stereocenters. The van der Waals surface area contributed by atoms with E-state index < -0.39 is 0 Å². The van der Waals surface area contributed by atoms with E-state index in [0.717, 1.165) is 31.0 Å². The van der Waals surface area contributed by atoms with E-state index in [1.165, 1.54) is 57.8 Å². The predicted octanol–water partition coefficient (Wildman–Crippen LogP) is 5.75. The van der Waals surface area contributed by atoms with Crippen molar-refractivity contribution in [2.45, 2.75) is 71.0 Å². The number of ether oxygens (including phenoxy) is 2. The second-order valence-electron chi connectivity index (χ2n) is 7.98. The minimum Gasteiger partial charge on any atom is -0.352 e. The quantitative estimate of drug-likeness (QED) is 0.648. The van der Waals surface area contributed by atoms with Gasteiger partial charge < -0.3 is 9.47 Å². The predicted molar refractivity (Wildman–Crippen MR) is 95.4 cm³/mol. The molecule has 0 spiro atoms. The largest absolute Gasteiger partial charge is 0.352 e. The van der Waals surface area contributed by atoms with Crippen LogP contribution in [0.1, 0.15) is 64.7 Å². The van der Waals surface area contributed by atoms with Crippen molar-refractivity contribution < 1.29 is 9.47 Å². The standard InChI is InChI=1S/C20H33ClO2/c1-2-15-13-22-20(23-14-15)19-9-7-18(8-10-19)17-5-3-16(4-6-17)11-12-21/h11-12,15-20H,2-10,13-14H2,1H3/b12-11+/t15-,16-,17-,18?,19?,20-. The third kappa shape index (κ3) is 4.74. The molecule has 0 aromatic heterocycles. The lowest BCUT2D eigenvalue weighted by Gasteiger charge is -2.40. The van der Waals surface area contributed by atoms with Crippen LogP contribution in [-0.2, 0) is 9.47 Å². The fraction of sp³-hybridized carbons (Fsp3) is 0.900. The number of halogens is 1. The average molecular weight is 341 g/mol. The third-order valence-electron chi connectivity index (χ3n) is 6.60. The fourth-order valence-electron chi connectivity index (χ4n) is 4.87. The van der Waals surface area contributed by atoms with Gasteiger partial charge in [0.25, 0.3) is 0 Å². The summed E-state index contributed by atoms with van der Waals surface area (Å²) in [6, 6.07) is 0. The summed E-state index contributed by atoms with van der Waals surface area (Å²) in [4.78, 5) is 0. The molecule has 3 heteroatoms. The molecule has 0 amide bonds. The second-order valence-corrected chi connectivity index (χ2v) is 8.23. The highest BCUT2D eigenvalue weighted by atomic mass is 35.5. The zero-order valence-corrected chi connectivity index (χ0v) is 15.3. The van der Waals surface area contributed by atoms with Crippen molar-refractivity contribution in [2.75, 3.05) is 13.2 Å². The summed E-state index contributed by atoms with van der Waals surface area (Å²) < 4.78 is 12.0. The molecule has 2 aliphatic carbocycles. The van der Waals surface area contributed by atoms with Gasteiger partial charge in [0.1, 0.15) is 0 Å². The van der Waals surface area contributed by atoms with Crippen LogP contribution in [0.25, 0.3) is 0 Å². The Hall–Kier alpha value is -0.0500. The van der Waals surface area contributed by atoms with Gasteiger partial charge in [-0.05, 0) is 75.5 Å². The van der Waals surface area contributed by atoms with Crippen molar-refractivity contribution in [1.29, 1.82) is 0 Å². The molecule has 0 aromatic carbocycles. The number of rotatable bonds is 4. The molecule has 132 valence electrons. The van der Waals surface area contributed by atoms with Crippen LogP contribution in [0.4, 0.5) is 0 Å². The zero-order valence-electron chi connectivity index (χ0n) is 14.6. The van der Waals surface area contributed by atoms with Crippen LogP contribution in [0.15, 0.2) is 11.6 Å². The summed E-state index contributed by atoms with van der Waals surface area (Å²) in [5, 5.41) is 0. The summed E-state index contributed by atoms with van der Waals surface area (Å²) in [6.07, 6.45) is 14.3. The van der Waals surface area contributed by atoms with E-state index in [1.807, 2.05) is 0 Å². The second kappa shape index (κ2) is 8.87. The lowest BCUT2D eigenvalue weighted by Crippen LogP contribution is -2.39. The van der Waals surface area contributed by atoms with Crippen LogP contribution < -0.4 is 0 Å². The molecule has 0 radical (unpaired) electrons. The number of allylic oxidation sites excluding steroid dienone is 1. The van der Waals surface area contributed by atoms with E-state index in [0.29, 0.717) is 11.8 Å². The minimum absolute atomic E-state index is 0.0864. The number of hydrogen-bond donors (Lipinski definition) is 0. The lowest BCUT2D eigenvalue weighted by molar-refractivity contribution is -0.230. The van der Waals surface area contributed by atoms with Gasteiger partial charge in [-0.1, -0.05) is 24.6 Å². The molecule has 0 N–H and O–H groups in total. The van der Waals surface area contributed by atoms with Gasteiger partial charge in [-0.3, -0.25) is 0 Å². The van der Waals surface area contributed by atoms with Crippen molar-refractivity contribution in [3.63, 3.8) is 0 Å². The van der Waals surface area contributed by atoms with Gasteiger partial charge in [0.15, 0.2) is 6.29 Å². The molecule has 1 saturated heterocycles. The lowest BCUT2D eigenvalue weighted by atomic mass is 9.69. The SMILES string of the molecule is CC[C@H]1CO[C@H](C2CCC([C@H]3CC[C@H](/C=C/Cl)CC3)CC2)OC1. The molecule has 2 nitrogen and oxygen atoms in total. The first-order valence-corrected chi connectivity index (χ1v) is 10.2. The first-order chi connectivity index (χ1) is 11.3. The summed E-state index contributed by atoms with van der Waals surface area (Å²) in [5.74, 6) is 3.88. The molecule has 3 aliphatic rings. The van der Waals surface area contributed by atoms with Crippen LogP contribution in [0, 0.1) is 29.6 Å². The molecular formula is C20H33ClO2. The summed E-state index contributed by atoms with van der Waals surface area (Å²) in [7, 11) is 0. The Bertz CT molecular complexity index is 360. The van der Waals surface area contributed by atoms with Crippen molar-refractivity contribution in [2.24, 2.45) is 29.6 Å². The van der Waals surface area contributed by atoms with E-state index in [1.54, 1.807) is 5.54 Å². The molecule has 0 atom stereocenters. The van der Waals surface area contributed by atoms with Gasteiger partial charge >= 0.3 is 0 Å². The zero-order chi connectivity index (χ0) is 16.1. The van der Waals surface area contributed by atoms with E-state index in [9.17, 15) is 0 Å². The third-order valence-corrected chi connectivity index (χ3v) is 6.74. The monoisotopic (exact) mass is 340 g/mol. The molecule has 1 aliphatic heterocycles. The summed E-state index contributed by atoms with van der Waals surface area (Å²) >= 11 is 5.72. The van der Waals surface area contributed by atoms with Crippen LogP contribution in [0.5, 0.6) is 0 Å². The Kier molecular flexibility index (Phi) is 6.85. The van der Waals surface area contributed by atoms with Gasteiger partial charge in [-0.25, -0.2) is 0 Å². The molecule has 3 fully saturated rings. The van der Waals surface area contributed by atoms with E-state index in [-0.39, 0.29) is 6.29 Å². The maximum absolute atomic E-state index is 6.00. The van der Waals surface area contributed by atoms with Crippen LogP contribution in [0.3, 0.4) is 0 Å². The van der Waals surface area contributed by atoms with Crippen molar-refractivity contribution in [3.05, 3.63) is 11.6 Å². The van der Waals surface area contributed by atoms with Crippen molar-refractivity contribution in [1.82, 2.24) is 0 Å². The van der Waals surface area contributed by atoms with Crippen LogP contribution in [0.2, 0.25) is 0 Å². The van der Waals surface area contributed by atoms with Gasteiger partial charge in [0, 0.05) is 17.4 Å². The number of hydrogen-bond acceptors (Lipinski definition) is 2. The maximum Gasteiger partial charge on any atom is 0.160 e. The molecule has 3 rings (SSSR count). The average Bonchev–Trinajstić information content (AvgIpc) is 2.63. The minimum atomic E-state index is 0.0864. The Labute approximate surface area is 146 Å². The first-order valence-electron chi connectivity index (χ1n) is 9.80. The Morgan fingerprint density at radius 2 is 1.35 bits per heavy atom. The van der Waals surface area contributed by atoms with Gasteiger partial charge in [0.2, 0.25) is 0 Å². The van der Waals surface area contributed by atoms with E-state index >= 15 is 0 Å². The molecule has 23 heavy (non-hydrogen) atoms. The van der Waals surface area contributed by atoms with Gasteiger partial charge in [-0.2, -0.15) is 0 Å². The highest BCUT2D eigenvalue weighted by Gasteiger charge is 2.35. The molecule has 0 aromatic rings. The highest BCUT2D eigenvalue weighted by molar-refractivity contribution is 6.25. The van der Waals surface area contributed by atoms with Crippen LogP contribution in [-0.4, -0.2) is 19.5 Å². The molecule has 0 bridgehead atoms. The molecule has 2 saturated carbocycles. The first kappa shape index (κ1) is 17.8.